The summed E-state index contributed by atoms with van der Waals surface area (Å²) in [7, 11) is 1.61. The van der Waals surface area contributed by atoms with Gasteiger partial charge in [-0.05, 0) is 18.8 Å². The SMILES string of the molecule is COCCN(CC(C)C)C(=O)CCN1C(=O)C2CCCCC2C1=O. The molecule has 2 atom stereocenters. The molecule has 24 heavy (non-hydrogen) atoms. The predicted molar refractivity (Wildman–Crippen MR) is 90.1 cm³/mol. The molecule has 1 aliphatic carbocycles. The fraction of sp³-hybridized carbons (Fsp3) is 0.833. The van der Waals surface area contributed by atoms with Crippen LogP contribution in [0.25, 0.3) is 0 Å². The molecule has 2 fully saturated rings. The number of methoxy groups -OCH3 is 1. The molecule has 1 aliphatic heterocycles. The summed E-state index contributed by atoms with van der Waals surface area (Å²) in [5.74, 6) is -0.0576. The summed E-state index contributed by atoms with van der Waals surface area (Å²) >= 11 is 0. The zero-order valence-corrected chi connectivity index (χ0v) is 15.1. The maximum Gasteiger partial charge on any atom is 0.233 e. The summed E-state index contributed by atoms with van der Waals surface area (Å²) in [6.45, 7) is 6.03. The minimum Gasteiger partial charge on any atom is -0.383 e. The molecule has 0 aromatic heterocycles. The largest absolute Gasteiger partial charge is 0.383 e. The molecule has 1 saturated heterocycles. The molecule has 0 N–H and O–H groups in total. The molecule has 0 spiro atoms. The number of carbonyl (C=O) groups is 3. The van der Waals surface area contributed by atoms with Crippen molar-refractivity contribution < 1.29 is 19.1 Å². The van der Waals surface area contributed by atoms with Crippen LogP contribution in [0.1, 0.15) is 46.0 Å². The van der Waals surface area contributed by atoms with Gasteiger partial charge in [-0.25, -0.2) is 0 Å². The van der Waals surface area contributed by atoms with E-state index in [1.165, 1.54) is 4.90 Å². The van der Waals surface area contributed by atoms with Crippen LogP contribution >= 0.6 is 0 Å². The number of carbonyl (C=O) groups excluding carboxylic acids is 3. The van der Waals surface area contributed by atoms with Crippen molar-refractivity contribution in [1.29, 1.82) is 0 Å². The number of ether oxygens (including phenoxy) is 1. The third-order valence-electron chi connectivity index (χ3n) is 4.99. The van der Waals surface area contributed by atoms with Crippen molar-refractivity contribution in [2.45, 2.75) is 46.0 Å². The van der Waals surface area contributed by atoms with Crippen molar-refractivity contribution in [3.8, 4) is 0 Å². The van der Waals surface area contributed by atoms with Crippen LogP contribution in [-0.2, 0) is 19.1 Å². The monoisotopic (exact) mass is 338 g/mol. The van der Waals surface area contributed by atoms with E-state index in [-0.39, 0.29) is 42.5 Å². The van der Waals surface area contributed by atoms with E-state index in [2.05, 4.69) is 13.8 Å². The Kier molecular flexibility index (Phi) is 6.78. The molecule has 2 aliphatic rings. The highest BCUT2D eigenvalue weighted by Gasteiger charge is 2.47. The van der Waals surface area contributed by atoms with Crippen LogP contribution in [0.5, 0.6) is 0 Å². The van der Waals surface area contributed by atoms with Gasteiger partial charge in [0.2, 0.25) is 17.7 Å². The molecule has 6 nitrogen and oxygen atoms in total. The van der Waals surface area contributed by atoms with Crippen molar-refractivity contribution in [3.63, 3.8) is 0 Å². The van der Waals surface area contributed by atoms with E-state index in [0.717, 1.165) is 25.7 Å². The van der Waals surface area contributed by atoms with Gasteiger partial charge in [-0.15, -0.1) is 0 Å². The first-order valence-electron chi connectivity index (χ1n) is 9.07. The second-order valence-corrected chi connectivity index (χ2v) is 7.30. The summed E-state index contributed by atoms with van der Waals surface area (Å²) in [6, 6.07) is 0. The number of hydrogen-bond acceptors (Lipinski definition) is 4. The first-order valence-corrected chi connectivity index (χ1v) is 9.07. The summed E-state index contributed by atoms with van der Waals surface area (Å²) in [4.78, 5) is 40.5. The van der Waals surface area contributed by atoms with E-state index >= 15 is 0 Å². The van der Waals surface area contributed by atoms with E-state index in [9.17, 15) is 14.4 Å². The Morgan fingerprint density at radius 2 is 1.79 bits per heavy atom. The summed E-state index contributed by atoms with van der Waals surface area (Å²) in [6.07, 6.45) is 3.87. The van der Waals surface area contributed by atoms with E-state index in [4.69, 9.17) is 4.74 Å². The molecular weight excluding hydrogens is 308 g/mol. The second kappa shape index (κ2) is 8.60. The standard InChI is InChI=1S/C18H30N2O4/c1-13(2)12-19(10-11-24-3)16(21)8-9-20-17(22)14-6-4-5-7-15(14)18(20)23/h13-15H,4-12H2,1-3H3. The molecule has 2 unspecified atom stereocenters. The predicted octanol–water partition coefficient (Wildman–Crippen LogP) is 1.68. The highest BCUT2D eigenvalue weighted by atomic mass is 16.5. The Labute approximate surface area is 144 Å². The molecule has 136 valence electrons. The lowest BCUT2D eigenvalue weighted by molar-refractivity contribution is -0.141. The molecule has 6 heteroatoms. The summed E-state index contributed by atoms with van der Waals surface area (Å²) in [5.41, 5.74) is 0. The highest BCUT2D eigenvalue weighted by Crippen LogP contribution is 2.37. The maximum absolute atomic E-state index is 12.5. The van der Waals surface area contributed by atoms with E-state index in [1.54, 1.807) is 12.0 Å². The van der Waals surface area contributed by atoms with Gasteiger partial charge in [0.25, 0.3) is 0 Å². The number of imide groups is 1. The minimum absolute atomic E-state index is 0.0174. The lowest BCUT2D eigenvalue weighted by Crippen LogP contribution is -2.40. The van der Waals surface area contributed by atoms with Crippen LogP contribution in [0.3, 0.4) is 0 Å². The topological polar surface area (TPSA) is 66.9 Å². The third kappa shape index (κ3) is 4.35. The van der Waals surface area contributed by atoms with Gasteiger partial charge < -0.3 is 9.64 Å². The second-order valence-electron chi connectivity index (χ2n) is 7.30. The minimum atomic E-state index is -0.137. The Morgan fingerprint density at radius 3 is 2.29 bits per heavy atom. The fourth-order valence-corrected chi connectivity index (χ4v) is 3.78. The zero-order chi connectivity index (χ0) is 17.7. The third-order valence-corrected chi connectivity index (χ3v) is 4.99. The number of hydrogen-bond donors (Lipinski definition) is 0. The van der Waals surface area contributed by atoms with Crippen LogP contribution in [0.15, 0.2) is 0 Å². The zero-order valence-electron chi connectivity index (χ0n) is 15.1. The number of fused-ring (bicyclic) bond motifs is 1. The van der Waals surface area contributed by atoms with Crippen LogP contribution in [0, 0.1) is 17.8 Å². The lowest BCUT2D eigenvalue weighted by atomic mass is 9.81. The van der Waals surface area contributed by atoms with Gasteiger partial charge >= 0.3 is 0 Å². The molecule has 3 amide bonds. The number of amides is 3. The van der Waals surface area contributed by atoms with Crippen LogP contribution in [0.4, 0.5) is 0 Å². The molecule has 1 saturated carbocycles. The van der Waals surface area contributed by atoms with Crippen molar-refractivity contribution >= 4 is 17.7 Å². The molecule has 0 aromatic carbocycles. The quantitative estimate of drug-likeness (QED) is 0.632. The summed E-state index contributed by atoms with van der Waals surface area (Å²) < 4.78 is 5.07. The Balaban J connectivity index is 1.91. The van der Waals surface area contributed by atoms with Crippen LogP contribution in [0.2, 0.25) is 0 Å². The normalized spacial score (nSPS) is 23.8. The van der Waals surface area contributed by atoms with Gasteiger partial charge in [-0.1, -0.05) is 26.7 Å². The van der Waals surface area contributed by atoms with E-state index < -0.39 is 0 Å². The van der Waals surface area contributed by atoms with Gasteiger partial charge in [0.15, 0.2) is 0 Å². The molecule has 0 bridgehead atoms. The van der Waals surface area contributed by atoms with Crippen molar-refractivity contribution in [2.24, 2.45) is 17.8 Å². The van der Waals surface area contributed by atoms with E-state index in [1.807, 2.05) is 0 Å². The van der Waals surface area contributed by atoms with Gasteiger partial charge in [0.05, 0.1) is 18.4 Å². The van der Waals surface area contributed by atoms with Gasteiger partial charge in [-0.2, -0.15) is 0 Å². The van der Waals surface area contributed by atoms with Crippen LogP contribution in [-0.4, -0.2) is 60.9 Å². The van der Waals surface area contributed by atoms with Crippen molar-refractivity contribution in [2.75, 3.05) is 33.4 Å². The number of likely N-dealkylation sites (tertiary alicyclic amines) is 1. The first kappa shape index (κ1) is 18.9. The maximum atomic E-state index is 12.5. The lowest BCUT2D eigenvalue weighted by Gasteiger charge is -2.25. The average Bonchev–Trinajstić information content (AvgIpc) is 2.80. The molecule has 1 heterocycles. The Morgan fingerprint density at radius 1 is 1.21 bits per heavy atom. The number of nitrogens with zero attached hydrogens (tertiary/aromatic N) is 2. The van der Waals surface area contributed by atoms with Crippen molar-refractivity contribution in [3.05, 3.63) is 0 Å². The number of rotatable bonds is 8. The van der Waals surface area contributed by atoms with Gasteiger partial charge in [0, 0.05) is 33.2 Å². The van der Waals surface area contributed by atoms with Crippen molar-refractivity contribution in [1.82, 2.24) is 9.80 Å². The molecule has 0 radical (unpaired) electrons. The Bertz CT molecular complexity index is 454. The average molecular weight is 338 g/mol. The molecule has 0 aromatic rings. The van der Waals surface area contributed by atoms with Crippen LogP contribution < -0.4 is 0 Å². The van der Waals surface area contributed by atoms with Gasteiger partial charge in [0.1, 0.15) is 0 Å². The highest BCUT2D eigenvalue weighted by molar-refractivity contribution is 6.05. The van der Waals surface area contributed by atoms with Gasteiger partial charge in [-0.3, -0.25) is 19.3 Å². The summed E-state index contributed by atoms with van der Waals surface area (Å²) in [5, 5.41) is 0. The molecule has 2 rings (SSSR count). The Hall–Kier alpha value is -1.43. The smallest absolute Gasteiger partial charge is 0.233 e. The van der Waals surface area contributed by atoms with E-state index in [0.29, 0.717) is 25.6 Å². The first-order chi connectivity index (χ1) is 11.5. The fourth-order valence-electron chi connectivity index (χ4n) is 3.78. The molecular formula is C18H30N2O4.